The van der Waals surface area contributed by atoms with E-state index in [9.17, 15) is 52.8 Å². The Morgan fingerprint density at radius 3 is 1.80 bits per heavy atom. The van der Waals surface area contributed by atoms with E-state index >= 15 is 0 Å². The zero-order valence-corrected chi connectivity index (χ0v) is 15.5. The van der Waals surface area contributed by atoms with E-state index in [1.165, 1.54) is 4.72 Å². The van der Waals surface area contributed by atoms with Crippen LogP contribution in [-0.4, -0.2) is 44.0 Å². The van der Waals surface area contributed by atoms with Gasteiger partial charge in [-0.2, -0.15) is 47.5 Å². The van der Waals surface area contributed by atoms with Gasteiger partial charge in [0, 0.05) is 21.9 Å². The van der Waals surface area contributed by atoms with Crippen LogP contribution < -0.4 is 4.72 Å². The number of rotatable bonds is 3. The Hall–Kier alpha value is -2.88. The van der Waals surface area contributed by atoms with Crippen LogP contribution in [0.3, 0.4) is 0 Å². The summed E-state index contributed by atoms with van der Waals surface area (Å²) in [6, 6.07) is 4.01. The number of sulfonamides is 2. The maximum Gasteiger partial charge on any atom is 0.517 e. The number of hydrogen-bond acceptors (Lipinski definition) is 6. The van der Waals surface area contributed by atoms with E-state index < -0.39 is 74.8 Å². The van der Waals surface area contributed by atoms with Crippen LogP contribution in [0.2, 0.25) is 0 Å². The third kappa shape index (κ3) is 3.06. The van der Waals surface area contributed by atoms with Gasteiger partial charge in [-0.15, -0.1) is 0 Å². The van der Waals surface area contributed by atoms with Gasteiger partial charge < -0.3 is 0 Å². The Labute approximate surface area is 163 Å². The quantitative estimate of drug-likeness (QED) is 0.538. The Kier molecular flexibility index (Phi) is 4.59. The highest BCUT2D eigenvalue weighted by Crippen LogP contribution is 2.39. The smallest absolute Gasteiger partial charge is 0.275 e. The molecule has 0 saturated carbocycles. The van der Waals surface area contributed by atoms with Crippen molar-refractivity contribution >= 4 is 48.3 Å². The molecule has 0 aliphatic carbocycles. The zero-order valence-electron chi connectivity index (χ0n) is 13.9. The van der Waals surface area contributed by atoms with Crippen LogP contribution in [0.1, 0.15) is 20.7 Å². The van der Waals surface area contributed by atoms with Gasteiger partial charge in [0.1, 0.15) is 0 Å². The normalized spacial score (nSPS) is 15.6. The van der Waals surface area contributed by atoms with E-state index in [0.717, 1.165) is 18.2 Å². The molecule has 0 fully saturated rings. The molecule has 1 N–H and O–H groups in total. The van der Waals surface area contributed by atoms with Crippen molar-refractivity contribution in [1.82, 2.24) is 4.31 Å². The highest BCUT2D eigenvalue weighted by molar-refractivity contribution is 7.93. The average Bonchev–Trinajstić information content (AvgIpc) is 2.58. The molecule has 1 aliphatic rings. The summed E-state index contributed by atoms with van der Waals surface area (Å²) < 4.78 is 123. The fraction of sp³-hybridized carbons (Fsp3) is 0.143. The molecule has 0 spiro atoms. The molecule has 0 aromatic heterocycles. The van der Waals surface area contributed by atoms with Gasteiger partial charge in [0.2, 0.25) is 0 Å². The van der Waals surface area contributed by atoms with Crippen molar-refractivity contribution in [3.63, 3.8) is 0 Å². The first kappa shape index (κ1) is 21.8. The second kappa shape index (κ2) is 6.31. The molecule has 30 heavy (non-hydrogen) atoms. The molecular weight excluding hydrogens is 470 g/mol. The monoisotopic (exact) mass is 476 g/mol. The van der Waals surface area contributed by atoms with Gasteiger partial charge in [0.15, 0.2) is 0 Å². The number of alkyl halides is 6. The molecule has 0 unspecified atom stereocenters. The molecule has 1 heterocycles. The second-order valence-corrected chi connectivity index (χ2v) is 9.22. The fourth-order valence-electron chi connectivity index (χ4n) is 2.69. The third-order valence-electron chi connectivity index (χ3n) is 3.95. The van der Waals surface area contributed by atoms with E-state index in [1.807, 2.05) is 0 Å². The van der Waals surface area contributed by atoms with Crippen molar-refractivity contribution in [2.45, 2.75) is 11.0 Å². The number of carbonyl (C=O) groups excluding carboxylic acids is 2. The van der Waals surface area contributed by atoms with Crippen LogP contribution >= 0.6 is 0 Å². The summed E-state index contributed by atoms with van der Waals surface area (Å²) in [6.45, 7) is 0. The summed E-state index contributed by atoms with van der Waals surface area (Å²) in [5.41, 5.74) is -14.0. The lowest BCUT2D eigenvalue weighted by atomic mass is 9.94. The number of anilines is 1. The largest absolute Gasteiger partial charge is 0.517 e. The Morgan fingerprint density at radius 2 is 1.30 bits per heavy atom. The van der Waals surface area contributed by atoms with Crippen LogP contribution in [0.15, 0.2) is 30.3 Å². The topological polar surface area (TPSA) is 118 Å². The molecule has 0 bridgehead atoms. The lowest BCUT2D eigenvalue weighted by Crippen LogP contribution is -2.49. The number of halogens is 6. The average molecular weight is 476 g/mol. The van der Waals surface area contributed by atoms with Crippen molar-refractivity contribution in [3.05, 3.63) is 41.5 Å². The molecule has 1 aliphatic heterocycles. The Balaban J connectivity index is 2.26. The van der Waals surface area contributed by atoms with Crippen molar-refractivity contribution < 1.29 is 52.8 Å². The van der Waals surface area contributed by atoms with Crippen LogP contribution in [0.4, 0.5) is 32.0 Å². The third-order valence-corrected chi connectivity index (χ3v) is 6.45. The van der Waals surface area contributed by atoms with E-state index in [-0.39, 0.29) is 0 Å². The molecule has 0 saturated heterocycles. The first-order valence-corrected chi connectivity index (χ1v) is 10.3. The molecule has 3 rings (SSSR count). The number of imide groups is 1. The number of amides is 2. The van der Waals surface area contributed by atoms with E-state index in [4.69, 9.17) is 0 Å². The first-order valence-electron chi connectivity index (χ1n) is 7.36. The van der Waals surface area contributed by atoms with Crippen LogP contribution in [0.25, 0.3) is 10.8 Å². The minimum absolute atomic E-state index is 0.441. The summed E-state index contributed by atoms with van der Waals surface area (Å²) in [4.78, 5) is 24.7. The maximum atomic E-state index is 12.9. The summed E-state index contributed by atoms with van der Waals surface area (Å²) in [7, 11) is -12.3. The van der Waals surface area contributed by atoms with Gasteiger partial charge in [0.25, 0.3) is 11.8 Å². The summed E-state index contributed by atoms with van der Waals surface area (Å²) in [5, 5.41) is -0.952. The summed E-state index contributed by atoms with van der Waals surface area (Å²) >= 11 is 0. The number of hydrogen-bond donors (Lipinski definition) is 1. The molecule has 16 heteroatoms. The highest BCUT2D eigenvalue weighted by Gasteiger charge is 2.56. The van der Waals surface area contributed by atoms with E-state index in [0.29, 0.717) is 12.1 Å². The first-order chi connectivity index (χ1) is 13.5. The van der Waals surface area contributed by atoms with Gasteiger partial charge in [0.05, 0.1) is 5.69 Å². The molecular formula is C14H6F6N2O6S2. The van der Waals surface area contributed by atoms with Crippen LogP contribution in [0, 0.1) is 0 Å². The summed E-state index contributed by atoms with van der Waals surface area (Å²) in [5.74, 6) is -3.79. The van der Waals surface area contributed by atoms with E-state index in [2.05, 4.69) is 0 Å². The standard InChI is InChI=1S/C14H6F6N2O6S2/c15-13(16,17)29(25,26)21-9-5-4-8-10-6(9)2-1-3-7(10)11(23)22(12(8)24)30(27,28)14(18,19)20/h1-5,21H. The van der Waals surface area contributed by atoms with E-state index in [1.54, 1.807) is 0 Å². The lowest BCUT2D eigenvalue weighted by molar-refractivity contribution is -0.0478. The van der Waals surface area contributed by atoms with Gasteiger partial charge in [-0.25, -0.2) is 0 Å². The minimum atomic E-state index is -6.42. The summed E-state index contributed by atoms with van der Waals surface area (Å²) in [6.07, 6.45) is 0. The lowest BCUT2D eigenvalue weighted by Gasteiger charge is -2.27. The van der Waals surface area contributed by atoms with Crippen LogP contribution in [-0.2, 0) is 20.0 Å². The van der Waals surface area contributed by atoms with Crippen molar-refractivity contribution in [1.29, 1.82) is 0 Å². The number of benzene rings is 2. The predicted octanol–water partition coefficient (Wildman–Crippen LogP) is 2.55. The molecule has 8 nitrogen and oxygen atoms in total. The van der Waals surface area contributed by atoms with Gasteiger partial charge >= 0.3 is 31.1 Å². The van der Waals surface area contributed by atoms with Crippen molar-refractivity contribution in [2.75, 3.05) is 4.72 Å². The van der Waals surface area contributed by atoms with Crippen LogP contribution in [0.5, 0.6) is 0 Å². The molecule has 2 amide bonds. The molecule has 162 valence electrons. The molecule has 0 atom stereocenters. The Morgan fingerprint density at radius 1 is 0.767 bits per heavy atom. The molecule has 2 aromatic carbocycles. The maximum absolute atomic E-state index is 12.9. The highest BCUT2D eigenvalue weighted by atomic mass is 32.2. The van der Waals surface area contributed by atoms with Gasteiger partial charge in [-0.3, -0.25) is 14.3 Å². The predicted molar refractivity (Wildman–Crippen MR) is 88.0 cm³/mol. The fourth-order valence-corrected chi connectivity index (χ4v) is 4.11. The Bertz CT molecular complexity index is 1290. The van der Waals surface area contributed by atoms with Crippen molar-refractivity contribution in [2.24, 2.45) is 0 Å². The van der Waals surface area contributed by atoms with Gasteiger partial charge in [-0.05, 0) is 18.2 Å². The number of nitrogens with one attached hydrogen (secondary N) is 1. The minimum Gasteiger partial charge on any atom is -0.275 e. The van der Waals surface area contributed by atoms with Crippen molar-refractivity contribution in [3.8, 4) is 0 Å². The molecule has 0 radical (unpaired) electrons. The van der Waals surface area contributed by atoms with Gasteiger partial charge in [-0.1, -0.05) is 12.1 Å². The molecule has 2 aromatic rings. The SMILES string of the molecule is O=C1c2cccc3c(NS(=O)(=O)C(F)(F)F)ccc(c23)C(=O)N1S(=O)(=O)C(F)(F)F. The second-order valence-electron chi connectivity index (χ2n) is 5.77. The number of carbonyl (C=O) groups is 2. The zero-order chi connectivity index (χ0) is 22.9. The number of nitrogens with zero attached hydrogens (tertiary/aromatic N) is 1.